The zero-order chi connectivity index (χ0) is 12.8. The summed E-state index contributed by atoms with van der Waals surface area (Å²) in [4.78, 5) is 12.0. The second kappa shape index (κ2) is 3.92. The Kier molecular flexibility index (Phi) is 2.60. The molecule has 2 fully saturated rings. The maximum Gasteiger partial charge on any atom is 0.136 e. The average molecular weight is 244 g/mol. The van der Waals surface area contributed by atoms with Crippen LogP contribution in [0, 0.1) is 5.92 Å². The van der Waals surface area contributed by atoms with Crippen LogP contribution in [0.25, 0.3) is 0 Å². The van der Waals surface area contributed by atoms with E-state index < -0.39 is 0 Å². The molecule has 0 unspecified atom stereocenters. The quantitative estimate of drug-likeness (QED) is 0.796. The fourth-order valence-electron chi connectivity index (χ4n) is 3.75. The summed E-state index contributed by atoms with van der Waals surface area (Å²) in [7, 11) is 0. The molecule has 0 amide bonds. The molecule has 0 aromatic heterocycles. The lowest BCUT2D eigenvalue weighted by molar-refractivity contribution is -0.174. The van der Waals surface area contributed by atoms with Crippen molar-refractivity contribution in [1.29, 1.82) is 0 Å². The van der Waals surface area contributed by atoms with Gasteiger partial charge >= 0.3 is 0 Å². The van der Waals surface area contributed by atoms with Crippen LogP contribution in [0.15, 0.2) is 30.3 Å². The molecule has 3 atom stereocenters. The largest absolute Gasteiger partial charge is 0.363 e. The van der Waals surface area contributed by atoms with Crippen LogP contribution >= 0.6 is 0 Å². The highest BCUT2D eigenvalue weighted by Crippen LogP contribution is 2.56. The molecule has 1 aromatic carbocycles. The van der Waals surface area contributed by atoms with Gasteiger partial charge in [-0.2, -0.15) is 0 Å². The third kappa shape index (κ3) is 1.63. The summed E-state index contributed by atoms with van der Waals surface area (Å²) in [6.07, 6.45) is 4.00. The zero-order valence-electron chi connectivity index (χ0n) is 11.1. The summed E-state index contributed by atoms with van der Waals surface area (Å²) < 4.78 is 6.41. The third-order valence-corrected chi connectivity index (χ3v) is 4.73. The molecule has 2 aliphatic heterocycles. The Hall–Kier alpha value is -1.15. The molecular weight excluding hydrogens is 224 g/mol. The molecule has 0 spiro atoms. The van der Waals surface area contributed by atoms with Gasteiger partial charge in [-0.25, -0.2) is 0 Å². The van der Waals surface area contributed by atoms with Gasteiger partial charge in [-0.3, -0.25) is 4.79 Å². The Bertz CT molecular complexity index is 467. The normalized spacial score (nSPS) is 38.7. The van der Waals surface area contributed by atoms with Gasteiger partial charge in [0.1, 0.15) is 11.4 Å². The first kappa shape index (κ1) is 11.9. The van der Waals surface area contributed by atoms with Gasteiger partial charge in [0.15, 0.2) is 0 Å². The van der Waals surface area contributed by atoms with E-state index in [4.69, 9.17) is 4.74 Å². The Morgan fingerprint density at radius 3 is 2.61 bits per heavy atom. The SMILES string of the molecule is CC(=O)[C@H]1CC[C@@]2(C)CC[C@]1(c1ccccc1)O2. The number of hydrogen-bond donors (Lipinski definition) is 0. The van der Waals surface area contributed by atoms with Crippen molar-refractivity contribution in [3.05, 3.63) is 35.9 Å². The standard InChI is InChI=1S/C16H20O2/c1-12(17)14-8-9-15(2)10-11-16(14,18-15)13-6-4-3-5-7-13/h3-7,14H,8-11H2,1-2H3/t14-,15+,16-/m1/s1. The molecule has 0 radical (unpaired) electrons. The molecule has 0 aliphatic carbocycles. The van der Waals surface area contributed by atoms with Crippen molar-refractivity contribution in [3.63, 3.8) is 0 Å². The maximum atomic E-state index is 12.0. The minimum atomic E-state index is -0.361. The van der Waals surface area contributed by atoms with E-state index in [-0.39, 0.29) is 22.9 Å². The number of ketones is 1. The van der Waals surface area contributed by atoms with Crippen molar-refractivity contribution in [2.24, 2.45) is 5.92 Å². The first-order valence-corrected chi connectivity index (χ1v) is 6.82. The molecule has 2 saturated heterocycles. The van der Waals surface area contributed by atoms with E-state index in [0.29, 0.717) is 0 Å². The van der Waals surface area contributed by atoms with Gasteiger partial charge in [0.25, 0.3) is 0 Å². The Balaban J connectivity index is 2.08. The molecule has 0 saturated carbocycles. The van der Waals surface area contributed by atoms with Crippen molar-refractivity contribution < 1.29 is 9.53 Å². The van der Waals surface area contributed by atoms with Gasteiger partial charge < -0.3 is 4.74 Å². The predicted molar refractivity (Wildman–Crippen MR) is 70.2 cm³/mol. The summed E-state index contributed by atoms with van der Waals surface area (Å²) in [5.74, 6) is 0.290. The number of rotatable bonds is 2. The van der Waals surface area contributed by atoms with E-state index in [1.165, 1.54) is 5.56 Å². The number of ether oxygens (including phenoxy) is 1. The molecule has 2 heteroatoms. The lowest BCUT2D eigenvalue weighted by Gasteiger charge is -2.43. The van der Waals surface area contributed by atoms with Crippen LogP contribution in [-0.2, 0) is 15.1 Å². The summed E-state index contributed by atoms with van der Waals surface area (Å²) in [6, 6.07) is 10.3. The van der Waals surface area contributed by atoms with E-state index in [0.717, 1.165) is 25.7 Å². The van der Waals surface area contributed by atoms with Crippen LogP contribution in [-0.4, -0.2) is 11.4 Å². The molecule has 2 aliphatic rings. The van der Waals surface area contributed by atoms with Crippen molar-refractivity contribution in [3.8, 4) is 0 Å². The lowest BCUT2D eigenvalue weighted by atomic mass is 9.75. The van der Waals surface area contributed by atoms with Gasteiger partial charge in [-0.05, 0) is 45.1 Å². The van der Waals surface area contributed by atoms with E-state index in [1.807, 2.05) is 18.2 Å². The Morgan fingerprint density at radius 1 is 1.22 bits per heavy atom. The van der Waals surface area contributed by atoms with Crippen LogP contribution in [0.1, 0.15) is 45.1 Å². The topological polar surface area (TPSA) is 26.3 Å². The molecule has 3 rings (SSSR count). The average Bonchev–Trinajstić information content (AvgIpc) is 2.63. The highest BCUT2D eigenvalue weighted by molar-refractivity contribution is 5.80. The van der Waals surface area contributed by atoms with Crippen molar-refractivity contribution in [2.45, 2.75) is 50.7 Å². The molecular formula is C16H20O2. The smallest absolute Gasteiger partial charge is 0.136 e. The maximum absolute atomic E-state index is 12.0. The van der Waals surface area contributed by atoms with Gasteiger partial charge in [0.05, 0.1) is 11.5 Å². The van der Waals surface area contributed by atoms with Gasteiger partial charge in [-0.15, -0.1) is 0 Å². The fourth-order valence-corrected chi connectivity index (χ4v) is 3.75. The lowest BCUT2D eigenvalue weighted by Crippen LogP contribution is -2.46. The summed E-state index contributed by atoms with van der Waals surface area (Å²) in [5, 5.41) is 0. The van der Waals surface area contributed by atoms with Gasteiger partial charge in [0, 0.05) is 0 Å². The molecule has 2 nitrogen and oxygen atoms in total. The molecule has 1 aromatic rings. The van der Waals surface area contributed by atoms with Crippen LogP contribution in [0.3, 0.4) is 0 Å². The third-order valence-electron chi connectivity index (χ3n) is 4.73. The second-order valence-electron chi connectivity index (χ2n) is 6.01. The minimum Gasteiger partial charge on any atom is -0.363 e. The van der Waals surface area contributed by atoms with Crippen molar-refractivity contribution in [2.75, 3.05) is 0 Å². The van der Waals surface area contributed by atoms with Crippen LogP contribution in [0.2, 0.25) is 0 Å². The van der Waals surface area contributed by atoms with Crippen LogP contribution in [0.5, 0.6) is 0 Å². The Morgan fingerprint density at radius 2 is 1.94 bits per heavy atom. The monoisotopic (exact) mass is 244 g/mol. The van der Waals surface area contributed by atoms with E-state index in [9.17, 15) is 4.79 Å². The van der Waals surface area contributed by atoms with Crippen LogP contribution < -0.4 is 0 Å². The predicted octanol–water partition coefficient (Wildman–Crippen LogP) is 3.45. The number of benzene rings is 1. The number of Topliss-reactive ketones (excluding diaryl/α,β-unsaturated/α-hetero) is 1. The summed E-state index contributed by atoms with van der Waals surface area (Å²) >= 11 is 0. The Labute approximate surface area is 108 Å². The molecule has 2 heterocycles. The van der Waals surface area contributed by atoms with Crippen molar-refractivity contribution >= 4 is 5.78 Å². The fraction of sp³-hybridized carbons (Fsp3) is 0.562. The highest BCUT2D eigenvalue weighted by Gasteiger charge is 2.56. The first-order valence-electron chi connectivity index (χ1n) is 6.82. The van der Waals surface area contributed by atoms with Crippen molar-refractivity contribution in [1.82, 2.24) is 0 Å². The zero-order valence-corrected chi connectivity index (χ0v) is 11.1. The summed E-state index contributed by atoms with van der Waals surface area (Å²) in [6.45, 7) is 3.90. The molecule has 96 valence electrons. The number of carbonyl (C=O) groups excluding carboxylic acids is 1. The molecule has 0 N–H and O–H groups in total. The molecule has 18 heavy (non-hydrogen) atoms. The van der Waals surface area contributed by atoms with Gasteiger partial charge in [-0.1, -0.05) is 30.3 Å². The van der Waals surface area contributed by atoms with E-state index in [2.05, 4.69) is 19.1 Å². The number of fused-ring (bicyclic) bond motifs is 2. The second-order valence-corrected chi connectivity index (χ2v) is 6.01. The van der Waals surface area contributed by atoms with E-state index >= 15 is 0 Å². The number of carbonyl (C=O) groups is 1. The highest BCUT2D eigenvalue weighted by atomic mass is 16.5. The van der Waals surface area contributed by atoms with Gasteiger partial charge in [0.2, 0.25) is 0 Å². The summed E-state index contributed by atoms with van der Waals surface area (Å²) in [5.41, 5.74) is 0.788. The van der Waals surface area contributed by atoms with E-state index in [1.54, 1.807) is 6.92 Å². The molecule has 2 bridgehead atoms. The number of hydrogen-bond acceptors (Lipinski definition) is 2. The van der Waals surface area contributed by atoms with Crippen LogP contribution in [0.4, 0.5) is 0 Å². The minimum absolute atomic E-state index is 0.0236. The first-order chi connectivity index (χ1) is 8.56.